The number of H-pyrrole nitrogens is 1. The molecule has 0 unspecified atom stereocenters. The number of aromatic amines is 1. The first-order chi connectivity index (χ1) is 3.30. The minimum atomic E-state index is 0.529. The van der Waals surface area contributed by atoms with Gasteiger partial charge in [-0.25, -0.2) is 0 Å². The molecule has 1 heterocycles. The van der Waals surface area contributed by atoms with Gasteiger partial charge < -0.3 is 10.7 Å². The molecule has 0 amide bonds. The van der Waals surface area contributed by atoms with Crippen LogP contribution in [0.1, 0.15) is 0 Å². The molecule has 0 spiro atoms. The lowest BCUT2D eigenvalue weighted by Gasteiger charge is -1.79. The molecule has 0 saturated carbocycles. The number of nitrogen functional groups attached to an aromatic ring is 1. The quantitative estimate of drug-likeness (QED) is 0.526. The topological polar surface area (TPSA) is 41.8 Å². The van der Waals surface area contributed by atoms with E-state index in [4.69, 9.17) is 17.3 Å². The van der Waals surface area contributed by atoms with E-state index < -0.39 is 0 Å². The van der Waals surface area contributed by atoms with E-state index in [2.05, 4.69) is 4.98 Å². The summed E-state index contributed by atoms with van der Waals surface area (Å²) in [4.78, 5) is 2.71. The van der Waals surface area contributed by atoms with Crippen LogP contribution in [0.15, 0.2) is 12.3 Å². The number of rotatable bonds is 0. The van der Waals surface area contributed by atoms with Crippen molar-refractivity contribution in [2.45, 2.75) is 0 Å². The van der Waals surface area contributed by atoms with E-state index >= 15 is 0 Å². The summed E-state index contributed by atoms with van der Waals surface area (Å²) in [5.74, 6) is 0.529. The van der Waals surface area contributed by atoms with Gasteiger partial charge in [0.2, 0.25) is 0 Å². The molecular formula is C4H5ClN2. The highest BCUT2D eigenvalue weighted by Gasteiger charge is 1.89. The SMILES string of the molecule is Nc1[nH]ccc1Cl. The number of hydrogen-bond acceptors (Lipinski definition) is 1. The molecule has 2 nitrogen and oxygen atoms in total. The Kier molecular flexibility index (Phi) is 0.947. The minimum absolute atomic E-state index is 0.529. The van der Waals surface area contributed by atoms with Gasteiger partial charge in [-0.05, 0) is 6.07 Å². The van der Waals surface area contributed by atoms with Crippen molar-refractivity contribution in [3.05, 3.63) is 17.3 Å². The van der Waals surface area contributed by atoms with Gasteiger partial charge in [0.05, 0.1) is 5.02 Å². The minimum Gasteiger partial charge on any atom is -0.384 e. The summed E-state index contributed by atoms with van der Waals surface area (Å²) >= 11 is 5.47. The van der Waals surface area contributed by atoms with E-state index in [-0.39, 0.29) is 0 Å². The summed E-state index contributed by atoms with van der Waals surface area (Å²) in [6.07, 6.45) is 1.69. The van der Waals surface area contributed by atoms with E-state index in [9.17, 15) is 0 Å². The first-order valence-corrected chi connectivity index (χ1v) is 2.27. The number of nitrogens with two attached hydrogens (primary N) is 1. The first kappa shape index (κ1) is 4.53. The average molecular weight is 117 g/mol. The van der Waals surface area contributed by atoms with E-state index in [1.807, 2.05) is 0 Å². The molecule has 0 aliphatic carbocycles. The summed E-state index contributed by atoms with van der Waals surface area (Å²) in [5, 5.41) is 0.583. The van der Waals surface area contributed by atoms with Crippen molar-refractivity contribution >= 4 is 17.4 Å². The molecule has 1 rings (SSSR count). The summed E-state index contributed by atoms with van der Waals surface area (Å²) in [5.41, 5.74) is 5.25. The van der Waals surface area contributed by atoms with Crippen LogP contribution < -0.4 is 5.73 Å². The molecule has 0 aliphatic rings. The highest BCUT2D eigenvalue weighted by molar-refractivity contribution is 6.32. The molecule has 1 aromatic rings. The lowest BCUT2D eigenvalue weighted by molar-refractivity contribution is 1.42. The molecule has 0 saturated heterocycles. The molecule has 7 heavy (non-hydrogen) atoms. The van der Waals surface area contributed by atoms with Crippen LogP contribution in [0.2, 0.25) is 5.02 Å². The molecule has 1 aromatic heterocycles. The maximum atomic E-state index is 5.47. The Labute approximate surface area is 46.3 Å². The summed E-state index contributed by atoms with van der Waals surface area (Å²) in [6.45, 7) is 0. The Morgan fingerprint density at radius 2 is 2.43 bits per heavy atom. The smallest absolute Gasteiger partial charge is 0.119 e. The van der Waals surface area contributed by atoms with Crippen molar-refractivity contribution in [1.82, 2.24) is 4.98 Å². The average Bonchev–Trinajstić information content (AvgIpc) is 1.91. The lowest BCUT2D eigenvalue weighted by Crippen LogP contribution is -1.81. The maximum absolute atomic E-state index is 5.47. The predicted octanol–water partition coefficient (Wildman–Crippen LogP) is 1.25. The third kappa shape index (κ3) is 0.695. The van der Waals surface area contributed by atoms with Gasteiger partial charge in [0.25, 0.3) is 0 Å². The molecule has 0 aliphatic heterocycles. The molecule has 38 valence electrons. The lowest BCUT2D eigenvalue weighted by atomic mass is 10.6. The Morgan fingerprint density at radius 3 is 2.57 bits per heavy atom. The number of halogens is 1. The summed E-state index contributed by atoms with van der Waals surface area (Å²) < 4.78 is 0. The molecule has 0 radical (unpaired) electrons. The van der Waals surface area contributed by atoms with Crippen LogP contribution in [0, 0.1) is 0 Å². The summed E-state index contributed by atoms with van der Waals surface area (Å²) in [7, 11) is 0. The van der Waals surface area contributed by atoms with Gasteiger partial charge in [-0.3, -0.25) is 0 Å². The van der Waals surface area contributed by atoms with Crippen molar-refractivity contribution < 1.29 is 0 Å². The van der Waals surface area contributed by atoms with E-state index in [1.54, 1.807) is 12.3 Å². The fraction of sp³-hybridized carbons (Fsp3) is 0. The number of anilines is 1. The largest absolute Gasteiger partial charge is 0.384 e. The third-order valence-corrected chi connectivity index (χ3v) is 1.06. The maximum Gasteiger partial charge on any atom is 0.119 e. The number of nitrogens with one attached hydrogen (secondary N) is 1. The van der Waals surface area contributed by atoms with Crippen molar-refractivity contribution in [2.24, 2.45) is 0 Å². The van der Waals surface area contributed by atoms with Crippen molar-refractivity contribution in [2.75, 3.05) is 5.73 Å². The van der Waals surface area contributed by atoms with Crippen LogP contribution in [-0.2, 0) is 0 Å². The standard InChI is InChI=1S/C4H5ClN2/c5-3-1-2-7-4(3)6/h1-2,7H,6H2. The Hall–Kier alpha value is -0.630. The second kappa shape index (κ2) is 1.46. The second-order valence-corrected chi connectivity index (χ2v) is 1.65. The van der Waals surface area contributed by atoms with E-state index in [0.717, 1.165) is 0 Å². The van der Waals surface area contributed by atoms with E-state index in [1.165, 1.54) is 0 Å². The zero-order valence-electron chi connectivity index (χ0n) is 3.61. The van der Waals surface area contributed by atoms with Crippen LogP contribution in [0.4, 0.5) is 5.82 Å². The fourth-order valence-electron chi connectivity index (χ4n) is 0.363. The van der Waals surface area contributed by atoms with Gasteiger partial charge in [-0.2, -0.15) is 0 Å². The van der Waals surface area contributed by atoms with Gasteiger partial charge >= 0.3 is 0 Å². The Bertz CT molecular complexity index is 142. The van der Waals surface area contributed by atoms with Gasteiger partial charge in [0.1, 0.15) is 5.82 Å². The molecule has 0 atom stereocenters. The fourth-order valence-corrected chi connectivity index (χ4v) is 0.481. The molecule has 3 N–H and O–H groups in total. The first-order valence-electron chi connectivity index (χ1n) is 1.89. The normalized spacial score (nSPS) is 9.29. The van der Waals surface area contributed by atoms with Crippen LogP contribution in [0.25, 0.3) is 0 Å². The van der Waals surface area contributed by atoms with Crippen LogP contribution in [-0.4, -0.2) is 4.98 Å². The highest BCUT2D eigenvalue weighted by atomic mass is 35.5. The molecular weight excluding hydrogens is 112 g/mol. The Balaban J connectivity index is 3.12. The predicted molar refractivity (Wildman–Crippen MR) is 30.2 cm³/mol. The van der Waals surface area contributed by atoms with E-state index in [0.29, 0.717) is 10.8 Å². The van der Waals surface area contributed by atoms with Crippen molar-refractivity contribution in [3.8, 4) is 0 Å². The van der Waals surface area contributed by atoms with Gasteiger partial charge in [-0.1, -0.05) is 11.6 Å². The van der Waals surface area contributed by atoms with Gasteiger partial charge in [0, 0.05) is 6.20 Å². The molecule has 0 fully saturated rings. The second-order valence-electron chi connectivity index (χ2n) is 1.24. The van der Waals surface area contributed by atoms with Crippen molar-refractivity contribution in [3.63, 3.8) is 0 Å². The van der Waals surface area contributed by atoms with Crippen LogP contribution in [0.5, 0.6) is 0 Å². The highest BCUT2D eigenvalue weighted by Crippen LogP contribution is 2.13. The zero-order valence-corrected chi connectivity index (χ0v) is 4.37. The monoisotopic (exact) mass is 116 g/mol. The van der Waals surface area contributed by atoms with Gasteiger partial charge in [0.15, 0.2) is 0 Å². The van der Waals surface area contributed by atoms with Crippen molar-refractivity contribution in [1.29, 1.82) is 0 Å². The summed E-state index contributed by atoms with van der Waals surface area (Å²) in [6, 6.07) is 1.71. The zero-order chi connectivity index (χ0) is 5.28. The third-order valence-electron chi connectivity index (χ3n) is 0.726. The van der Waals surface area contributed by atoms with Crippen LogP contribution >= 0.6 is 11.6 Å². The molecule has 0 aromatic carbocycles. The Morgan fingerprint density at radius 1 is 1.71 bits per heavy atom. The molecule has 3 heteroatoms. The van der Waals surface area contributed by atoms with Gasteiger partial charge in [-0.15, -0.1) is 0 Å². The van der Waals surface area contributed by atoms with Crippen LogP contribution in [0.3, 0.4) is 0 Å². The molecule has 0 bridgehead atoms. The number of aromatic nitrogens is 1. The number of hydrogen-bond donors (Lipinski definition) is 2.